The van der Waals surface area contributed by atoms with E-state index >= 15 is 0 Å². The molecule has 0 spiro atoms. The SMILES string of the molecule is CN(Cc1cccc(Cl)c1)c1nc2sccn2c1CCl. The number of anilines is 1. The summed E-state index contributed by atoms with van der Waals surface area (Å²) in [5.74, 6) is 1.36. The van der Waals surface area contributed by atoms with Gasteiger partial charge in [-0.1, -0.05) is 23.7 Å². The third-order valence-corrected chi connectivity index (χ3v) is 4.38. The predicted molar refractivity (Wildman–Crippen MR) is 86.2 cm³/mol. The molecule has 20 heavy (non-hydrogen) atoms. The standard InChI is InChI=1S/C14H13Cl2N3S/c1-18(9-10-3-2-4-11(16)7-10)13-12(8-15)19-5-6-20-14(19)17-13/h2-7H,8-9H2,1H3. The van der Waals surface area contributed by atoms with Crippen LogP contribution in [-0.2, 0) is 12.4 Å². The number of imidazole rings is 1. The van der Waals surface area contributed by atoms with Gasteiger partial charge >= 0.3 is 0 Å². The summed E-state index contributed by atoms with van der Waals surface area (Å²) < 4.78 is 2.04. The van der Waals surface area contributed by atoms with Crippen LogP contribution in [0.1, 0.15) is 11.3 Å². The first-order valence-electron chi connectivity index (χ1n) is 6.15. The van der Waals surface area contributed by atoms with E-state index in [1.165, 1.54) is 0 Å². The number of benzene rings is 1. The van der Waals surface area contributed by atoms with Crippen LogP contribution in [0.3, 0.4) is 0 Å². The highest BCUT2D eigenvalue weighted by molar-refractivity contribution is 7.15. The molecule has 0 saturated heterocycles. The average Bonchev–Trinajstić information content (AvgIpc) is 2.98. The van der Waals surface area contributed by atoms with E-state index in [-0.39, 0.29) is 0 Å². The van der Waals surface area contributed by atoms with Crippen LogP contribution in [0.2, 0.25) is 5.02 Å². The molecule has 6 heteroatoms. The maximum atomic E-state index is 6.08. The minimum absolute atomic E-state index is 0.438. The summed E-state index contributed by atoms with van der Waals surface area (Å²) in [4.78, 5) is 7.72. The second-order valence-corrected chi connectivity index (χ2v) is 6.13. The summed E-state index contributed by atoms with van der Waals surface area (Å²) in [6.45, 7) is 0.745. The highest BCUT2D eigenvalue weighted by Crippen LogP contribution is 2.26. The molecule has 0 N–H and O–H groups in total. The largest absolute Gasteiger partial charge is 0.354 e. The van der Waals surface area contributed by atoms with Gasteiger partial charge in [-0.2, -0.15) is 0 Å². The molecule has 0 unspecified atom stereocenters. The molecule has 3 aromatic rings. The van der Waals surface area contributed by atoms with Crippen LogP contribution in [0.25, 0.3) is 4.96 Å². The molecule has 0 aliphatic carbocycles. The number of alkyl halides is 1. The molecule has 0 amide bonds. The van der Waals surface area contributed by atoms with Gasteiger partial charge in [-0.15, -0.1) is 22.9 Å². The zero-order chi connectivity index (χ0) is 14.1. The van der Waals surface area contributed by atoms with Crippen molar-refractivity contribution in [1.29, 1.82) is 0 Å². The third kappa shape index (κ3) is 2.51. The molecule has 0 bridgehead atoms. The fraction of sp³-hybridized carbons (Fsp3) is 0.214. The number of halogens is 2. The van der Waals surface area contributed by atoms with Crippen molar-refractivity contribution in [3.05, 3.63) is 52.1 Å². The molecule has 0 saturated carbocycles. The topological polar surface area (TPSA) is 20.5 Å². The molecule has 1 aromatic carbocycles. The Morgan fingerprint density at radius 3 is 3.00 bits per heavy atom. The molecule has 2 aromatic heterocycles. The van der Waals surface area contributed by atoms with Crippen molar-refractivity contribution >= 4 is 45.3 Å². The fourth-order valence-corrected chi connectivity index (χ4v) is 3.42. The Hall–Kier alpha value is -1.23. The highest BCUT2D eigenvalue weighted by Gasteiger charge is 2.16. The second kappa shape index (κ2) is 5.64. The zero-order valence-corrected chi connectivity index (χ0v) is 13.2. The van der Waals surface area contributed by atoms with Gasteiger partial charge in [0.1, 0.15) is 0 Å². The lowest BCUT2D eigenvalue weighted by molar-refractivity contribution is 0.894. The van der Waals surface area contributed by atoms with Gasteiger partial charge in [0, 0.05) is 30.2 Å². The minimum Gasteiger partial charge on any atom is -0.354 e. The van der Waals surface area contributed by atoms with Crippen LogP contribution in [0.5, 0.6) is 0 Å². The van der Waals surface area contributed by atoms with E-state index in [0.29, 0.717) is 5.88 Å². The molecule has 0 aliphatic rings. The molecule has 3 nitrogen and oxygen atoms in total. The Morgan fingerprint density at radius 2 is 2.25 bits per heavy atom. The van der Waals surface area contributed by atoms with E-state index in [1.807, 2.05) is 41.2 Å². The quantitative estimate of drug-likeness (QED) is 0.662. The maximum absolute atomic E-state index is 6.08. The van der Waals surface area contributed by atoms with Crippen molar-refractivity contribution in [1.82, 2.24) is 9.38 Å². The highest BCUT2D eigenvalue weighted by atomic mass is 35.5. The summed E-state index contributed by atoms with van der Waals surface area (Å²) in [6, 6.07) is 7.86. The minimum atomic E-state index is 0.438. The summed E-state index contributed by atoms with van der Waals surface area (Å²) in [6.07, 6.45) is 2.00. The van der Waals surface area contributed by atoms with Gasteiger partial charge in [-0.25, -0.2) is 4.98 Å². The van der Waals surface area contributed by atoms with E-state index in [2.05, 4.69) is 16.0 Å². The molecule has 0 aliphatic heterocycles. The van der Waals surface area contributed by atoms with Gasteiger partial charge in [-0.05, 0) is 17.7 Å². The van der Waals surface area contributed by atoms with E-state index in [0.717, 1.165) is 33.6 Å². The molecule has 0 atom stereocenters. The number of hydrogen-bond donors (Lipinski definition) is 0. The van der Waals surface area contributed by atoms with Crippen LogP contribution in [0, 0.1) is 0 Å². The molecule has 104 valence electrons. The Kier molecular flexibility index (Phi) is 3.87. The fourth-order valence-electron chi connectivity index (χ4n) is 2.24. The molecular formula is C14H13Cl2N3S. The van der Waals surface area contributed by atoms with Gasteiger partial charge in [0.2, 0.25) is 0 Å². The molecular weight excluding hydrogens is 313 g/mol. The van der Waals surface area contributed by atoms with Crippen molar-refractivity contribution in [2.75, 3.05) is 11.9 Å². The third-order valence-electron chi connectivity index (χ3n) is 3.14. The first-order chi connectivity index (χ1) is 9.69. The number of nitrogens with zero attached hydrogens (tertiary/aromatic N) is 3. The van der Waals surface area contributed by atoms with Gasteiger partial charge in [0.25, 0.3) is 0 Å². The molecule has 0 fully saturated rings. The molecule has 0 radical (unpaired) electrons. The first kappa shape index (κ1) is 13.7. The zero-order valence-electron chi connectivity index (χ0n) is 10.9. The lowest BCUT2D eigenvalue weighted by atomic mass is 10.2. The molecule has 2 heterocycles. The van der Waals surface area contributed by atoms with Gasteiger partial charge < -0.3 is 4.90 Å². The van der Waals surface area contributed by atoms with Crippen LogP contribution < -0.4 is 4.90 Å². The van der Waals surface area contributed by atoms with Crippen molar-refractivity contribution in [3.8, 4) is 0 Å². The van der Waals surface area contributed by atoms with Crippen LogP contribution in [0.15, 0.2) is 35.8 Å². The van der Waals surface area contributed by atoms with Crippen LogP contribution in [0.4, 0.5) is 5.82 Å². The maximum Gasteiger partial charge on any atom is 0.195 e. The summed E-state index contributed by atoms with van der Waals surface area (Å²) >= 11 is 13.7. The summed E-state index contributed by atoms with van der Waals surface area (Å²) in [5.41, 5.74) is 2.17. The number of aromatic nitrogens is 2. The van der Waals surface area contributed by atoms with Crippen LogP contribution in [-0.4, -0.2) is 16.4 Å². The first-order valence-corrected chi connectivity index (χ1v) is 7.94. The normalized spacial score (nSPS) is 11.2. The van der Waals surface area contributed by atoms with E-state index in [1.54, 1.807) is 11.3 Å². The van der Waals surface area contributed by atoms with E-state index in [9.17, 15) is 0 Å². The summed E-state index contributed by atoms with van der Waals surface area (Å²) in [7, 11) is 2.02. The average molecular weight is 326 g/mol. The Labute approximate surface area is 131 Å². The van der Waals surface area contributed by atoms with E-state index in [4.69, 9.17) is 23.2 Å². The second-order valence-electron chi connectivity index (χ2n) is 4.56. The van der Waals surface area contributed by atoms with Crippen molar-refractivity contribution in [2.24, 2.45) is 0 Å². The Balaban J connectivity index is 1.92. The lowest BCUT2D eigenvalue weighted by Crippen LogP contribution is -2.18. The van der Waals surface area contributed by atoms with Gasteiger partial charge in [0.15, 0.2) is 10.8 Å². The van der Waals surface area contributed by atoms with Crippen molar-refractivity contribution in [2.45, 2.75) is 12.4 Å². The van der Waals surface area contributed by atoms with Gasteiger partial charge in [0.05, 0.1) is 11.6 Å². The Bertz CT molecular complexity index is 735. The van der Waals surface area contributed by atoms with Crippen molar-refractivity contribution < 1.29 is 0 Å². The molecule has 3 rings (SSSR count). The predicted octanol–water partition coefficient (Wildman–Crippen LogP) is 4.42. The van der Waals surface area contributed by atoms with E-state index < -0.39 is 0 Å². The van der Waals surface area contributed by atoms with Crippen LogP contribution >= 0.6 is 34.5 Å². The number of rotatable bonds is 4. The Morgan fingerprint density at radius 1 is 1.40 bits per heavy atom. The smallest absolute Gasteiger partial charge is 0.195 e. The van der Waals surface area contributed by atoms with Crippen molar-refractivity contribution in [3.63, 3.8) is 0 Å². The summed E-state index contributed by atoms with van der Waals surface area (Å²) in [5, 5.41) is 2.76. The number of hydrogen-bond acceptors (Lipinski definition) is 3. The monoisotopic (exact) mass is 325 g/mol. The number of thiazole rings is 1. The van der Waals surface area contributed by atoms with Gasteiger partial charge in [-0.3, -0.25) is 4.40 Å². The number of fused-ring (bicyclic) bond motifs is 1. The lowest BCUT2D eigenvalue weighted by Gasteiger charge is -2.18.